The van der Waals surface area contributed by atoms with Crippen LogP contribution in [0, 0.1) is 0 Å². The summed E-state index contributed by atoms with van der Waals surface area (Å²) in [6.45, 7) is 0.860. The number of hydrogen-bond donors (Lipinski definition) is 0. The maximum Gasteiger partial charge on any atom is 0.252 e. The molecule has 104 valence electrons. The topological polar surface area (TPSA) is 35.5 Å². The first-order chi connectivity index (χ1) is 9.70. The second-order valence-electron chi connectivity index (χ2n) is 4.28. The van der Waals surface area contributed by atoms with Gasteiger partial charge in [-0.3, -0.25) is 4.79 Å². The molecule has 0 atom stereocenters. The zero-order chi connectivity index (χ0) is 14.4. The summed E-state index contributed by atoms with van der Waals surface area (Å²) in [7, 11) is 1.58. The van der Waals surface area contributed by atoms with Gasteiger partial charge in [0.2, 0.25) is 0 Å². The van der Waals surface area contributed by atoms with Crippen LogP contribution in [-0.2, 0) is 18.0 Å². The molecule has 2 aromatic carbocycles. The lowest BCUT2D eigenvalue weighted by atomic mass is 10.1. The molecule has 0 aliphatic carbocycles. The number of halogens is 1. The van der Waals surface area contributed by atoms with Crippen LogP contribution in [0.1, 0.15) is 21.5 Å². The minimum Gasteiger partial charge on any atom is -0.496 e. The number of carbonyl (C=O) groups excluding carboxylic acids is 1. The first-order valence-electron chi connectivity index (χ1n) is 6.19. The number of ether oxygens (including phenoxy) is 2. The molecule has 3 nitrogen and oxygen atoms in total. The van der Waals surface area contributed by atoms with Crippen LogP contribution in [0.15, 0.2) is 48.5 Å². The Hall–Kier alpha value is -1.84. The van der Waals surface area contributed by atoms with E-state index in [1.165, 1.54) is 0 Å². The maximum atomic E-state index is 11.2. The first-order valence-corrected chi connectivity index (χ1v) is 6.57. The predicted octanol–water partition coefficient (Wildman–Crippen LogP) is 3.79. The van der Waals surface area contributed by atoms with Gasteiger partial charge in [0, 0.05) is 11.1 Å². The highest BCUT2D eigenvalue weighted by molar-refractivity contribution is 6.67. The van der Waals surface area contributed by atoms with Crippen molar-refractivity contribution >= 4 is 16.8 Å². The van der Waals surface area contributed by atoms with Gasteiger partial charge in [0.1, 0.15) is 5.75 Å². The molecule has 0 amide bonds. The molecule has 0 bridgehead atoms. The van der Waals surface area contributed by atoms with E-state index in [2.05, 4.69) is 0 Å². The van der Waals surface area contributed by atoms with Gasteiger partial charge in [-0.2, -0.15) is 0 Å². The minimum absolute atomic E-state index is 0.357. The van der Waals surface area contributed by atoms with Crippen LogP contribution in [0.5, 0.6) is 5.75 Å². The molecule has 0 saturated carbocycles. The van der Waals surface area contributed by atoms with Gasteiger partial charge in [0.05, 0.1) is 20.3 Å². The smallest absolute Gasteiger partial charge is 0.252 e. The molecule has 20 heavy (non-hydrogen) atoms. The van der Waals surface area contributed by atoms with Gasteiger partial charge in [-0.25, -0.2) is 0 Å². The monoisotopic (exact) mass is 290 g/mol. The van der Waals surface area contributed by atoms with Gasteiger partial charge < -0.3 is 9.47 Å². The Morgan fingerprint density at radius 2 is 1.85 bits per heavy atom. The van der Waals surface area contributed by atoms with Gasteiger partial charge in [-0.05, 0) is 35.4 Å². The van der Waals surface area contributed by atoms with Crippen molar-refractivity contribution in [2.45, 2.75) is 13.2 Å². The number of hydrogen-bond acceptors (Lipinski definition) is 3. The quantitative estimate of drug-likeness (QED) is 0.759. The average molecular weight is 291 g/mol. The highest BCUT2D eigenvalue weighted by Gasteiger charge is 2.08. The molecule has 0 aliphatic rings. The van der Waals surface area contributed by atoms with E-state index in [4.69, 9.17) is 21.1 Å². The van der Waals surface area contributed by atoms with E-state index >= 15 is 0 Å². The zero-order valence-electron chi connectivity index (χ0n) is 11.1. The summed E-state index contributed by atoms with van der Waals surface area (Å²) in [4.78, 5) is 11.2. The Morgan fingerprint density at radius 3 is 2.50 bits per heavy atom. The molecule has 0 unspecified atom stereocenters. The van der Waals surface area contributed by atoms with E-state index in [1.54, 1.807) is 25.3 Å². The van der Waals surface area contributed by atoms with Crippen molar-refractivity contribution in [3.8, 4) is 5.75 Å². The summed E-state index contributed by atoms with van der Waals surface area (Å²) >= 11 is 5.48. The van der Waals surface area contributed by atoms with Crippen LogP contribution in [0.2, 0.25) is 0 Å². The summed E-state index contributed by atoms with van der Waals surface area (Å²) in [6, 6.07) is 14.9. The van der Waals surface area contributed by atoms with Gasteiger partial charge in [-0.1, -0.05) is 30.3 Å². The van der Waals surface area contributed by atoms with E-state index in [0.717, 1.165) is 11.1 Å². The van der Waals surface area contributed by atoms with Crippen molar-refractivity contribution in [1.82, 2.24) is 0 Å². The van der Waals surface area contributed by atoms with Gasteiger partial charge >= 0.3 is 0 Å². The van der Waals surface area contributed by atoms with E-state index in [-0.39, 0.29) is 0 Å². The molecule has 0 radical (unpaired) electrons. The third kappa shape index (κ3) is 3.83. The molecule has 2 rings (SSSR count). The van der Waals surface area contributed by atoms with Gasteiger partial charge in [0.25, 0.3) is 5.24 Å². The van der Waals surface area contributed by atoms with Crippen molar-refractivity contribution in [3.63, 3.8) is 0 Å². The van der Waals surface area contributed by atoms with Crippen LogP contribution in [-0.4, -0.2) is 12.4 Å². The SMILES string of the molecule is COc1ccc(C(=O)Cl)cc1COCc1ccccc1. The lowest BCUT2D eigenvalue weighted by molar-refractivity contribution is 0.104. The first kappa shape index (κ1) is 14.6. The molecule has 0 heterocycles. The predicted molar refractivity (Wildman–Crippen MR) is 78.1 cm³/mol. The van der Waals surface area contributed by atoms with E-state index < -0.39 is 5.24 Å². The van der Waals surface area contributed by atoms with Crippen LogP contribution in [0.3, 0.4) is 0 Å². The number of rotatable bonds is 6. The zero-order valence-corrected chi connectivity index (χ0v) is 11.9. The molecule has 0 aliphatic heterocycles. The molecule has 0 saturated heterocycles. The molecular formula is C16H15ClO3. The second-order valence-corrected chi connectivity index (χ2v) is 4.62. The normalized spacial score (nSPS) is 10.3. The van der Waals surface area contributed by atoms with Crippen molar-refractivity contribution < 1.29 is 14.3 Å². The Morgan fingerprint density at radius 1 is 1.10 bits per heavy atom. The molecule has 0 spiro atoms. The maximum absolute atomic E-state index is 11.2. The molecule has 0 N–H and O–H groups in total. The second kappa shape index (κ2) is 7.08. The molecular weight excluding hydrogens is 276 g/mol. The summed E-state index contributed by atoms with van der Waals surface area (Å²) in [5.74, 6) is 0.680. The highest BCUT2D eigenvalue weighted by atomic mass is 35.5. The number of benzene rings is 2. The Labute approximate surface area is 123 Å². The Kier molecular flexibility index (Phi) is 5.16. The third-order valence-electron chi connectivity index (χ3n) is 2.88. The van der Waals surface area contributed by atoms with Crippen molar-refractivity contribution in [1.29, 1.82) is 0 Å². The Balaban J connectivity index is 2.04. The van der Waals surface area contributed by atoms with Gasteiger partial charge in [0.15, 0.2) is 0 Å². The summed E-state index contributed by atoms with van der Waals surface area (Å²) in [5.41, 5.74) is 2.33. The lowest BCUT2D eigenvalue weighted by Gasteiger charge is -2.10. The van der Waals surface area contributed by atoms with Crippen molar-refractivity contribution in [2.24, 2.45) is 0 Å². The fourth-order valence-electron chi connectivity index (χ4n) is 1.87. The summed E-state index contributed by atoms with van der Waals surface area (Å²) in [6.07, 6.45) is 0. The fourth-order valence-corrected chi connectivity index (χ4v) is 1.98. The van der Waals surface area contributed by atoms with Crippen LogP contribution in [0.25, 0.3) is 0 Å². The standard InChI is InChI=1S/C16H15ClO3/c1-19-15-8-7-13(16(17)18)9-14(15)11-20-10-12-5-3-2-4-6-12/h2-9H,10-11H2,1H3. The fraction of sp³-hybridized carbons (Fsp3) is 0.188. The lowest BCUT2D eigenvalue weighted by Crippen LogP contribution is -1.99. The highest BCUT2D eigenvalue weighted by Crippen LogP contribution is 2.22. The van der Waals surface area contributed by atoms with Crippen LogP contribution in [0.4, 0.5) is 0 Å². The van der Waals surface area contributed by atoms with Crippen molar-refractivity contribution in [2.75, 3.05) is 7.11 Å². The minimum atomic E-state index is -0.489. The number of carbonyl (C=O) groups is 1. The largest absolute Gasteiger partial charge is 0.496 e. The molecule has 0 aromatic heterocycles. The molecule has 2 aromatic rings. The van der Waals surface area contributed by atoms with E-state index in [9.17, 15) is 4.79 Å². The van der Waals surface area contributed by atoms with Crippen molar-refractivity contribution in [3.05, 3.63) is 65.2 Å². The van der Waals surface area contributed by atoms with Crippen LogP contribution >= 0.6 is 11.6 Å². The van der Waals surface area contributed by atoms with E-state index in [0.29, 0.717) is 24.5 Å². The molecule has 0 fully saturated rings. The Bertz CT molecular complexity index is 582. The number of methoxy groups -OCH3 is 1. The summed E-state index contributed by atoms with van der Waals surface area (Å²) in [5, 5.41) is -0.489. The average Bonchev–Trinajstić information content (AvgIpc) is 2.48. The van der Waals surface area contributed by atoms with Gasteiger partial charge in [-0.15, -0.1) is 0 Å². The third-order valence-corrected chi connectivity index (χ3v) is 3.09. The molecule has 4 heteroatoms. The van der Waals surface area contributed by atoms with E-state index in [1.807, 2.05) is 30.3 Å². The van der Waals surface area contributed by atoms with Crippen LogP contribution < -0.4 is 4.74 Å². The summed E-state index contributed by atoms with van der Waals surface area (Å²) < 4.78 is 10.9.